The highest BCUT2D eigenvalue weighted by Crippen LogP contribution is 2.25. The molecule has 1 aliphatic carbocycles. The van der Waals surface area contributed by atoms with Crippen molar-refractivity contribution in [1.82, 2.24) is 15.3 Å². The summed E-state index contributed by atoms with van der Waals surface area (Å²) in [6.07, 6.45) is 10.7. The number of hydrogen-bond acceptors (Lipinski definition) is 5. The number of carbonyl (C=O) groups is 1. The highest BCUT2D eigenvalue weighted by molar-refractivity contribution is 6.31. The van der Waals surface area contributed by atoms with Crippen LogP contribution in [0.4, 0.5) is 5.95 Å². The molecule has 7 heteroatoms. The molecule has 6 nitrogen and oxygen atoms in total. The number of hydrogen-bond donors (Lipinski definition) is 1. The molecule has 31 heavy (non-hydrogen) atoms. The molecule has 0 radical (unpaired) electrons. The minimum atomic E-state index is -0.158. The Labute approximate surface area is 189 Å². The third-order valence-electron chi connectivity index (χ3n) is 6.18. The van der Waals surface area contributed by atoms with Crippen LogP contribution in [0, 0.1) is 6.92 Å². The number of benzene rings is 1. The van der Waals surface area contributed by atoms with Gasteiger partial charge in [0.15, 0.2) is 0 Å². The highest BCUT2D eigenvalue weighted by atomic mass is 35.5. The van der Waals surface area contributed by atoms with E-state index >= 15 is 0 Å². The average molecular weight is 443 g/mol. The SMILES string of the molecule is Cc1ccc(COc2nc(N3CCCCC3)ncc2C(=O)NC2CCCCC2)cc1Cl. The third-order valence-corrected chi connectivity index (χ3v) is 6.58. The first-order chi connectivity index (χ1) is 15.1. The molecule has 2 fully saturated rings. The first-order valence-corrected chi connectivity index (χ1v) is 11.8. The van der Waals surface area contributed by atoms with Gasteiger partial charge in [0, 0.05) is 30.4 Å². The van der Waals surface area contributed by atoms with Gasteiger partial charge in [-0.15, -0.1) is 0 Å². The summed E-state index contributed by atoms with van der Waals surface area (Å²) in [7, 11) is 0. The van der Waals surface area contributed by atoms with Gasteiger partial charge in [-0.05, 0) is 56.2 Å². The monoisotopic (exact) mass is 442 g/mol. The van der Waals surface area contributed by atoms with E-state index in [1.807, 2.05) is 25.1 Å². The van der Waals surface area contributed by atoms with Gasteiger partial charge < -0.3 is 15.0 Å². The van der Waals surface area contributed by atoms with Gasteiger partial charge in [-0.2, -0.15) is 4.98 Å². The number of ether oxygens (including phenoxy) is 1. The molecule has 2 aromatic rings. The lowest BCUT2D eigenvalue weighted by atomic mass is 9.95. The summed E-state index contributed by atoms with van der Waals surface area (Å²) in [5.41, 5.74) is 2.35. The predicted molar refractivity (Wildman–Crippen MR) is 123 cm³/mol. The number of halogens is 1. The second-order valence-electron chi connectivity index (χ2n) is 8.62. The Morgan fingerprint density at radius 2 is 1.90 bits per heavy atom. The molecule has 1 N–H and O–H groups in total. The molecular formula is C24H31ClN4O2. The number of rotatable bonds is 6. The van der Waals surface area contributed by atoms with Crippen molar-refractivity contribution in [2.24, 2.45) is 0 Å². The van der Waals surface area contributed by atoms with Crippen molar-refractivity contribution in [2.75, 3.05) is 18.0 Å². The Bertz CT molecular complexity index is 908. The lowest BCUT2D eigenvalue weighted by Crippen LogP contribution is -2.37. The number of nitrogens with zero attached hydrogens (tertiary/aromatic N) is 3. The molecule has 1 aromatic heterocycles. The van der Waals surface area contributed by atoms with Crippen LogP contribution in [0.25, 0.3) is 0 Å². The van der Waals surface area contributed by atoms with Crippen LogP contribution in [0.15, 0.2) is 24.4 Å². The number of amides is 1. The molecule has 2 aliphatic rings. The topological polar surface area (TPSA) is 67.3 Å². The molecule has 0 bridgehead atoms. The first kappa shape index (κ1) is 21.9. The van der Waals surface area contributed by atoms with Crippen molar-refractivity contribution in [3.63, 3.8) is 0 Å². The van der Waals surface area contributed by atoms with Gasteiger partial charge in [0.25, 0.3) is 5.91 Å². The molecule has 0 unspecified atom stereocenters. The van der Waals surface area contributed by atoms with Crippen LogP contribution in [0.1, 0.15) is 72.9 Å². The standard InChI is InChI=1S/C24H31ClN4O2/c1-17-10-11-18(14-21(17)25)16-31-23-20(22(30)27-19-8-4-2-5-9-19)15-26-24(28-23)29-12-6-3-7-13-29/h10-11,14-15,19H,2-9,12-13,16H2,1H3,(H,27,30). The second-order valence-corrected chi connectivity index (χ2v) is 9.02. The smallest absolute Gasteiger partial charge is 0.258 e. The number of anilines is 1. The zero-order chi connectivity index (χ0) is 21.6. The van der Waals surface area contributed by atoms with E-state index in [9.17, 15) is 4.79 Å². The molecule has 1 saturated carbocycles. The van der Waals surface area contributed by atoms with Crippen molar-refractivity contribution in [3.8, 4) is 5.88 Å². The van der Waals surface area contributed by atoms with Crippen molar-refractivity contribution < 1.29 is 9.53 Å². The Morgan fingerprint density at radius 3 is 2.65 bits per heavy atom. The van der Waals surface area contributed by atoms with Gasteiger partial charge in [0.2, 0.25) is 11.8 Å². The molecule has 4 rings (SSSR count). The van der Waals surface area contributed by atoms with Crippen LogP contribution in [0.3, 0.4) is 0 Å². The largest absolute Gasteiger partial charge is 0.472 e. The molecule has 1 saturated heterocycles. The lowest BCUT2D eigenvalue weighted by Gasteiger charge is -2.27. The van der Waals surface area contributed by atoms with E-state index in [0.29, 0.717) is 29.0 Å². The zero-order valence-electron chi connectivity index (χ0n) is 18.2. The van der Waals surface area contributed by atoms with E-state index in [1.54, 1.807) is 6.20 Å². The number of piperidine rings is 1. The maximum atomic E-state index is 13.0. The van der Waals surface area contributed by atoms with Crippen LogP contribution >= 0.6 is 11.6 Å². The highest BCUT2D eigenvalue weighted by Gasteiger charge is 2.23. The number of aromatic nitrogens is 2. The van der Waals surface area contributed by atoms with Gasteiger partial charge in [-0.25, -0.2) is 4.98 Å². The van der Waals surface area contributed by atoms with Crippen LogP contribution in [-0.4, -0.2) is 35.0 Å². The molecule has 1 aliphatic heterocycles. The predicted octanol–water partition coefficient (Wildman–Crippen LogP) is 5.07. The Morgan fingerprint density at radius 1 is 1.16 bits per heavy atom. The van der Waals surface area contributed by atoms with E-state index in [0.717, 1.165) is 62.7 Å². The lowest BCUT2D eigenvalue weighted by molar-refractivity contribution is 0.0921. The molecule has 166 valence electrons. The van der Waals surface area contributed by atoms with Gasteiger partial charge >= 0.3 is 0 Å². The molecular weight excluding hydrogens is 412 g/mol. The second kappa shape index (κ2) is 10.3. The van der Waals surface area contributed by atoms with Gasteiger partial charge in [-0.1, -0.05) is 43.0 Å². The van der Waals surface area contributed by atoms with Crippen molar-refractivity contribution >= 4 is 23.5 Å². The van der Waals surface area contributed by atoms with Crippen LogP contribution < -0.4 is 15.0 Å². The quantitative estimate of drug-likeness (QED) is 0.676. The van der Waals surface area contributed by atoms with Gasteiger partial charge in [-0.3, -0.25) is 4.79 Å². The summed E-state index contributed by atoms with van der Waals surface area (Å²) in [4.78, 5) is 24.4. The fourth-order valence-electron chi connectivity index (χ4n) is 4.26. The van der Waals surface area contributed by atoms with Gasteiger partial charge in [0.1, 0.15) is 12.2 Å². The summed E-state index contributed by atoms with van der Waals surface area (Å²) < 4.78 is 6.06. The molecule has 1 aromatic carbocycles. The minimum Gasteiger partial charge on any atom is -0.472 e. The third kappa shape index (κ3) is 5.67. The fourth-order valence-corrected chi connectivity index (χ4v) is 4.46. The van der Waals surface area contributed by atoms with Crippen LogP contribution in [-0.2, 0) is 6.61 Å². The van der Waals surface area contributed by atoms with Crippen LogP contribution in [0.2, 0.25) is 5.02 Å². The number of carbonyl (C=O) groups excluding carboxylic acids is 1. The van der Waals surface area contributed by atoms with E-state index in [1.165, 1.54) is 12.8 Å². The van der Waals surface area contributed by atoms with Crippen molar-refractivity contribution in [3.05, 3.63) is 46.1 Å². The van der Waals surface area contributed by atoms with E-state index < -0.39 is 0 Å². The molecule has 0 spiro atoms. The zero-order valence-corrected chi connectivity index (χ0v) is 19.0. The molecule has 1 amide bonds. The Hall–Kier alpha value is -2.34. The summed E-state index contributed by atoms with van der Waals surface area (Å²) in [6, 6.07) is 6.06. The van der Waals surface area contributed by atoms with Crippen LogP contribution in [0.5, 0.6) is 5.88 Å². The van der Waals surface area contributed by atoms with Gasteiger partial charge in [0.05, 0.1) is 0 Å². The maximum Gasteiger partial charge on any atom is 0.258 e. The minimum absolute atomic E-state index is 0.158. The molecule has 2 heterocycles. The average Bonchev–Trinajstić information content (AvgIpc) is 2.81. The fraction of sp³-hybridized carbons (Fsp3) is 0.542. The maximum absolute atomic E-state index is 13.0. The van der Waals surface area contributed by atoms with E-state index in [4.69, 9.17) is 16.3 Å². The van der Waals surface area contributed by atoms with Crippen molar-refractivity contribution in [1.29, 1.82) is 0 Å². The summed E-state index contributed by atoms with van der Waals surface area (Å²) >= 11 is 6.26. The van der Waals surface area contributed by atoms with E-state index in [-0.39, 0.29) is 11.9 Å². The van der Waals surface area contributed by atoms with Crippen molar-refractivity contribution in [2.45, 2.75) is 70.9 Å². The summed E-state index contributed by atoms with van der Waals surface area (Å²) in [6.45, 7) is 4.12. The first-order valence-electron chi connectivity index (χ1n) is 11.4. The van der Waals surface area contributed by atoms with E-state index in [2.05, 4.69) is 20.2 Å². The number of aryl methyl sites for hydroxylation is 1. The Balaban J connectivity index is 1.54. The molecule has 0 atom stereocenters. The normalized spacial score (nSPS) is 17.4. The number of nitrogens with one attached hydrogen (secondary N) is 1. The summed E-state index contributed by atoms with van der Waals surface area (Å²) in [5.74, 6) is 0.806. The summed E-state index contributed by atoms with van der Waals surface area (Å²) in [5, 5.41) is 3.86. The Kier molecular flexibility index (Phi) is 7.28.